The van der Waals surface area contributed by atoms with Crippen LogP contribution in [0.5, 0.6) is 0 Å². The van der Waals surface area contributed by atoms with Gasteiger partial charge in [-0.15, -0.1) is 12.4 Å². The van der Waals surface area contributed by atoms with E-state index >= 15 is 0 Å². The molecule has 0 aromatic carbocycles. The van der Waals surface area contributed by atoms with Gasteiger partial charge in [-0.3, -0.25) is 0 Å². The summed E-state index contributed by atoms with van der Waals surface area (Å²) in [5.74, 6) is 0.0826. The maximum absolute atomic E-state index is 12.0. The van der Waals surface area contributed by atoms with Crippen molar-refractivity contribution in [1.82, 2.24) is 9.62 Å². The number of rotatable bonds is 5. The Morgan fingerprint density at radius 1 is 1.28 bits per heavy atom. The van der Waals surface area contributed by atoms with Crippen LogP contribution in [-0.4, -0.2) is 57.4 Å². The largest absolute Gasteiger partial charge is 0.384 e. The van der Waals surface area contributed by atoms with Gasteiger partial charge in [-0.25, -0.2) is 12.7 Å². The van der Waals surface area contributed by atoms with Gasteiger partial charge in [0.05, 0.1) is 12.4 Å². The standard InChI is InChI=1S/C11H22N2O3S.ClH/c1-13(17(14,15)6-5-16-2)11-7-9-3-4-10(8-11)12-9;/h9-12H,3-8H2,1-2H3;1H. The second-order valence-corrected chi connectivity index (χ2v) is 7.24. The van der Waals surface area contributed by atoms with E-state index in [4.69, 9.17) is 4.74 Å². The molecule has 2 bridgehead atoms. The van der Waals surface area contributed by atoms with Crippen LogP contribution in [0.4, 0.5) is 0 Å². The lowest BCUT2D eigenvalue weighted by Crippen LogP contribution is -2.49. The van der Waals surface area contributed by atoms with Crippen molar-refractivity contribution in [2.75, 3.05) is 26.5 Å². The van der Waals surface area contributed by atoms with Gasteiger partial charge >= 0.3 is 0 Å². The molecule has 5 nitrogen and oxygen atoms in total. The molecule has 2 saturated heterocycles. The highest BCUT2D eigenvalue weighted by molar-refractivity contribution is 7.89. The molecule has 2 atom stereocenters. The molecule has 2 fully saturated rings. The van der Waals surface area contributed by atoms with Crippen LogP contribution < -0.4 is 5.32 Å². The number of nitrogens with zero attached hydrogens (tertiary/aromatic N) is 1. The first-order valence-electron chi connectivity index (χ1n) is 6.23. The summed E-state index contributed by atoms with van der Waals surface area (Å²) in [6, 6.07) is 1.19. The zero-order valence-electron chi connectivity index (χ0n) is 11.0. The second kappa shape index (κ2) is 6.52. The first-order valence-corrected chi connectivity index (χ1v) is 7.84. The Hall–Kier alpha value is 0.120. The molecule has 108 valence electrons. The Kier molecular flexibility index (Phi) is 5.86. The maximum Gasteiger partial charge on any atom is 0.216 e. The molecule has 18 heavy (non-hydrogen) atoms. The first-order chi connectivity index (χ1) is 8.03. The molecule has 2 rings (SSSR count). The number of methoxy groups -OCH3 is 1. The summed E-state index contributed by atoms with van der Waals surface area (Å²) in [4.78, 5) is 0. The summed E-state index contributed by atoms with van der Waals surface area (Å²) >= 11 is 0. The molecule has 2 heterocycles. The monoisotopic (exact) mass is 298 g/mol. The predicted molar refractivity (Wildman–Crippen MR) is 73.6 cm³/mol. The van der Waals surface area contributed by atoms with Crippen molar-refractivity contribution in [3.8, 4) is 0 Å². The van der Waals surface area contributed by atoms with Crippen LogP contribution in [0.15, 0.2) is 0 Å². The maximum atomic E-state index is 12.0. The van der Waals surface area contributed by atoms with E-state index in [0.717, 1.165) is 12.8 Å². The fourth-order valence-corrected chi connectivity index (χ4v) is 4.18. The molecule has 0 aromatic heterocycles. The van der Waals surface area contributed by atoms with Gasteiger partial charge in [-0.2, -0.15) is 0 Å². The smallest absolute Gasteiger partial charge is 0.216 e. The minimum Gasteiger partial charge on any atom is -0.384 e. The summed E-state index contributed by atoms with van der Waals surface area (Å²) in [6.07, 6.45) is 4.26. The van der Waals surface area contributed by atoms with Crippen molar-refractivity contribution in [3.63, 3.8) is 0 Å². The molecule has 0 aromatic rings. The van der Waals surface area contributed by atoms with E-state index in [1.165, 1.54) is 20.0 Å². The predicted octanol–water partition coefficient (Wildman–Crippen LogP) is 0.599. The third-order valence-electron chi connectivity index (χ3n) is 3.95. The fourth-order valence-electron chi connectivity index (χ4n) is 2.88. The minimum absolute atomic E-state index is 0. The van der Waals surface area contributed by atoms with Gasteiger partial charge in [-0.05, 0) is 25.7 Å². The lowest BCUT2D eigenvalue weighted by atomic mass is 10.0. The van der Waals surface area contributed by atoms with E-state index in [2.05, 4.69) is 5.32 Å². The second-order valence-electron chi connectivity index (χ2n) is 5.09. The number of sulfonamides is 1. The summed E-state index contributed by atoms with van der Waals surface area (Å²) in [6.45, 7) is 0.268. The normalized spacial score (nSPS) is 31.4. The van der Waals surface area contributed by atoms with Gasteiger partial charge in [0, 0.05) is 32.3 Å². The summed E-state index contributed by atoms with van der Waals surface area (Å²) in [5, 5.41) is 3.52. The number of piperidine rings is 1. The van der Waals surface area contributed by atoms with E-state index in [1.807, 2.05) is 0 Å². The van der Waals surface area contributed by atoms with Crippen LogP contribution in [0.25, 0.3) is 0 Å². The topological polar surface area (TPSA) is 58.6 Å². The Morgan fingerprint density at radius 3 is 2.33 bits per heavy atom. The van der Waals surface area contributed by atoms with Crippen molar-refractivity contribution in [2.24, 2.45) is 0 Å². The van der Waals surface area contributed by atoms with E-state index in [0.29, 0.717) is 12.1 Å². The average molecular weight is 299 g/mol. The van der Waals surface area contributed by atoms with Crippen molar-refractivity contribution in [2.45, 2.75) is 43.8 Å². The Labute approximate surface area is 116 Å². The average Bonchev–Trinajstić information content (AvgIpc) is 2.64. The molecule has 0 amide bonds. The van der Waals surface area contributed by atoms with Crippen LogP contribution in [0, 0.1) is 0 Å². The summed E-state index contributed by atoms with van der Waals surface area (Å²) < 4.78 is 30.5. The van der Waals surface area contributed by atoms with Crippen LogP contribution in [0.3, 0.4) is 0 Å². The number of ether oxygens (including phenoxy) is 1. The Balaban J connectivity index is 0.00000162. The van der Waals surface area contributed by atoms with Gasteiger partial charge < -0.3 is 10.1 Å². The van der Waals surface area contributed by atoms with Gasteiger partial charge in [0.15, 0.2) is 0 Å². The summed E-state index contributed by atoms with van der Waals surface area (Å²) in [5.41, 5.74) is 0. The quantitative estimate of drug-likeness (QED) is 0.807. The van der Waals surface area contributed by atoms with Crippen LogP contribution in [0.1, 0.15) is 25.7 Å². The molecule has 7 heteroatoms. The Morgan fingerprint density at radius 2 is 1.83 bits per heavy atom. The number of hydrogen-bond donors (Lipinski definition) is 1. The highest BCUT2D eigenvalue weighted by atomic mass is 35.5. The number of halogens is 1. The minimum atomic E-state index is -3.16. The van der Waals surface area contributed by atoms with E-state index in [1.54, 1.807) is 11.4 Å². The molecule has 0 saturated carbocycles. The van der Waals surface area contributed by atoms with Crippen molar-refractivity contribution in [3.05, 3.63) is 0 Å². The highest BCUT2D eigenvalue weighted by Crippen LogP contribution is 2.30. The van der Waals surface area contributed by atoms with Gasteiger partial charge in [0.25, 0.3) is 0 Å². The Bertz CT molecular complexity index is 351. The van der Waals surface area contributed by atoms with E-state index < -0.39 is 10.0 Å². The third-order valence-corrected chi connectivity index (χ3v) is 5.80. The molecular weight excluding hydrogens is 276 g/mol. The van der Waals surface area contributed by atoms with Crippen molar-refractivity contribution >= 4 is 22.4 Å². The lowest BCUT2D eigenvalue weighted by Gasteiger charge is -2.34. The third kappa shape index (κ3) is 3.57. The lowest BCUT2D eigenvalue weighted by molar-refractivity contribution is 0.212. The highest BCUT2D eigenvalue weighted by Gasteiger charge is 2.38. The number of nitrogens with one attached hydrogen (secondary N) is 1. The van der Waals surface area contributed by atoms with Crippen molar-refractivity contribution < 1.29 is 13.2 Å². The van der Waals surface area contributed by atoms with E-state index in [9.17, 15) is 8.42 Å². The first kappa shape index (κ1) is 16.2. The SMILES string of the molecule is COCCS(=O)(=O)N(C)C1CC2CCC(C1)N2.Cl. The molecule has 1 N–H and O–H groups in total. The molecular formula is C11H23ClN2O3S. The van der Waals surface area contributed by atoms with Crippen LogP contribution in [-0.2, 0) is 14.8 Å². The number of hydrogen-bond acceptors (Lipinski definition) is 4. The van der Waals surface area contributed by atoms with Crippen LogP contribution in [0.2, 0.25) is 0 Å². The van der Waals surface area contributed by atoms with Gasteiger partial charge in [-0.1, -0.05) is 0 Å². The van der Waals surface area contributed by atoms with Crippen molar-refractivity contribution in [1.29, 1.82) is 0 Å². The van der Waals surface area contributed by atoms with Gasteiger partial charge in [0.1, 0.15) is 0 Å². The summed E-state index contributed by atoms with van der Waals surface area (Å²) in [7, 11) is 0.0762. The molecule has 2 unspecified atom stereocenters. The zero-order valence-corrected chi connectivity index (χ0v) is 12.6. The fraction of sp³-hybridized carbons (Fsp3) is 1.00. The van der Waals surface area contributed by atoms with Gasteiger partial charge in [0.2, 0.25) is 10.0 Å². The molecule has 0 radical (unpaired) electrons. The molecule has 2 aliphatic rings. The number of fused-ring (bicyclic) bond motifs is 2. The molecule has 2 aliphatic heterocycles. The van der Waals surface area contributed by atoms with E-state index in [-0.39, 0.29) is 30.8 Å². The molecule has 0 aliphatic carbocycles. The zero-order chi connectivity index (χ0) is 12.5. The van der Waals surface area contributed by atoms with Crippen LogP contribution >= 0.6 is 12.4 Å². The molecule has 0 spiro atoms.